The number of rotatable bonds is 6. The van der Waals surface area contributed by atoms with Crippen molar-refractivity contribution < 1.29 is 13.9 Å². The second-order valence-corrected chi connectivity index (χ2v) is 6.01. The molecule has 136 valence electrons. The van der Waals surface area contributed by atoms with E-state index in [-0.39, 0.29) is 12.5 Å². The molecule has 0 aliphatic heterocycles. The summed E-state index contributed by atoms with van der Waals surface area (Å²) in [6.07, 6.45) is 0.689. The highest BCUT2D eigenvalue weighted by Crippen LogP contribution is 2.26. The van der Waals surface area contributed by atoms with Crippen molar-refractivity contribution in [2.24, 2.45) is 0 Å². The molecule has 7 heteroatoms. The van der Waals surface area contributed by atoms with Crippen molar-refractivity contribution in [1.29, 1.82) is 0 Å². The highest BCUT2D eigenvalue weighted by Gasteiger charge is 2.17. The van der Waals surface area contributed by atoms with Crippen LogP contribution in [-0.4, -0.2) is 27.8 Å². The lowest BCUT2D eigenvalue weighted by molar-refractivity contribution is -0.116. The Kier molecular flexibility index (Phi) is 5.06. The predicted molar refractivity (Wildman–Crippen MR) is 98.2 cm³/mol. The van der Waals surface area contributed by atoms with E-state index in [0.29, 0.717) is 29.6 Å². The fourth-order valence-corrected chi connectivity index (χ4v) is 2.81. The molecule has 2 heterocycles. The Labute approximate surface area is 152 Å². The van der Waals surface area contributed by atoms with Crippen molar-refractivity contribution in [1.82, 2.24) is 14.8 Å². The summed E-state index contributed by atoms with van der Waals surface area (Å²) in [5, 5.41) is 11.0. The zero-order chi connectivity index (χ0) is 18.7. The van der Waals surface area contributed by atoms with Crippen LogP contribution >= 0.6 is 0 Å². The molecule has 7 nitrogen and oxygen atoms in total. The quantitative estimate of drug-likeness (QED) is 0.734. The third-order valence-corrected chi connectivity index (χ3v) is 4.23. The number of anilines is 1. The van der Waals surface area contributed by atoms with E-state index in [1.54, 1.807) is 13.2 Å². The molecule has 0 aliphatic carbocycles. The van der Waals surface area contributed by atoms with Gasteiger partial charge in [-0.05, 0) is 32.0 Å². The first-order chi connectivity index (χ1) is 12.5. The zero-order valence-electron chi connectivity index (χ0n) is 15.4. The molecule has 0 spiro atoms. The molecule has 1 amide bonds. The molecule has 0 radical (unpaired) electrons. The highest BCUT2D eigenvalue weighted by atomic mass is 16.5. The van der Waals surface area contributed by atoms with E-state index < -0.39 is 0 Å². The molecule has 0 fully saturated rings. The van der Waals surface area contributed by atoms with Gasteiger partial charge in [-0.3, -0.25) is 4.79 Å². The molecule has 0 bridgehead atoms. The maximum Gasteiger partial charge on any atom is 0.249 e. The number of carbonyl (C=O) groups is 1. The van der Waals surface area contributed by atoms with Crippen molar-refractivity contribution in [3.63, 3.8) is 0 Å². The second-order valence-electron chi connectivity index (χ2n) is 6.01. The summed E-state index contributed by atoms with van der Waals surface area (Å²) in [5.41, 5.74) is 3.41. The number of aromatic nitrogens is 3. The Morgan fingerprint density at radius 3 is 2.77 bits per heavy atom. The second kappa shape index (κ2) is 7.43. The van der Waals surface area contributed by atoms with Gasteiger partial charge in [-0.15, -0.1) is 10.2 Å². The molecule has 0 aliphatic rings. The summed E-state index contributed by atoms with van der Waals surface area (Å²) in [7, 11) is 1.59. The zero-order valence-corrected chi connectivity index (χ0v) is 15.4. The number of methoxy groups -OCH3 is 1. The molecule has 2 aromatic heterocycles. The fraction of sp³-hybridized carbons (Fsp3) is 0.316. The van der Waals surface area contributed by atoms with Crippen LogP contribution in [0.4, 0.5) is 5.69 Å². The average molecular weight is 354 g/mol. The summed E-state index contributed by atoms with van der Waals surface area (Å²) in [6.45, 7) is 6.05. The fourth-order valence-electron chi connectivity index (χ4n) is 2.81. The van der Waals surface area contributed by atoms with Crippen LogP contribution in [0.15, 0.2) is 34.7 Å². The largest absolute Gasteiger partial charge is 0.497 e. The molecule has 3 rings (SSSR count). The predicted octanol–water partition coefficient (Wildman–Crippen LogP) is 3.36. The van der Waals surface area contributed by atoms with Crippen molar-refractivity contribution in [3.05, 3.63) is 47.6 Å². The summed E-state index contributed by atoms with van der Waals surface area (Å²) >= 11 is 0. The van der Waals surface area contributed by atoms with Gasteiger partial charge >= 0.3 is 0 Å². The number of benzene rings is 1. The maximum atomic E-state index is 12.5. The molecular formula is C19H22N4O3. The number of aryl methyl sites for hydroxylation is 2. The molecule has 0 saturated heterocycles. The molecule has 0 unspecified atom stereocenters. The van der Waals surface area contributed by atoms with Crippen molar-refractivity contribution in [2.45, 2.75) is 33.7 Å². The minimum absolute atomic E-state index is 0.119. The van der Waals surface area contributed by atoms with Gasteiger partial charge in [-0.2, -0.15) is 0 Å². The lowest BCUT2D eigenvalue weighted by atomic mass is 10.2. The van der Waals surface area contributed by atoms with Crippen LogP contribution in [0.3, 0.4) is 0 Å². The highest BCUT2D eigenvalue weighted by molar-refractivity contribution is 5.91. The molecule has 1 N–H and O–H groups in total. The van der Waals surface area contributed by atoms with Crippen LogP contribution < -0.4 is 10.1 Å². The summed E-state index contributed by atoms with van der Waals surface area (Å²) in [6, 6.07) is 9.23. The SMILES string of the molecule is CCc1nnc(-c2cc(C)n(CC(=O)Nc3cccc(OC)c3)c2C)o1. The van der Waals surface area contributed by atoms with Gasteiger partial charge in [0.2, 0.25) is 17.7 Å². The third-order valence-electron chi connectivity index (χ3n) is 4.23. The maximum absolute atomic E-state index is 12.5. The summed E-state index contributed by atoms with van der Waals surface area (Å²) in [4.78, 5) is 12.5. The Morgan fingerprint density at radius 2 is 2.08 bits per heavy atom. The normalized spacial score (nSPS) is 10.8. The number of hydrogen-bond acceptors (Lipinski definition) is 5. The first-order valence-corrected chi connectivity index (χ1v) is 8.45. The van der Waals surface area contributed by atoms with Crippen LogP contribution in [0.25, 0.3) is 11.5 Å². The van der Waals surface area contributed by atoms with Crippen LogP contribution in [0.2, 0.25) is 0 Å². The Morgan fingerprint density at radius 1 is 1.27 bits per heavy atom. The molecule has 1 aromatic carbocycles. The van der Waals surface area contributed by atoms with Gasteiger partial charge in [-0.1, -0.05) is 13.0 Å². The van der Waals surface area contributed by atoms with E-state index >= 15 is 0 Å². The van der Waals surface area contributed by atoms with Gasteiger partial charge in [0, 0.05) is 29.6 Å². The number of nitrogens with one attached hydrogen (secondary N) is 1. The number of hydrogen-bond donors (Lipinski definition) is 1. The van der Waals surface area contributed by atoms with E-state index in [1.165, 1.54) is 0 Å². The van der Waals surface area contributed by atoms with Crippen LogP contribution in [0.5, 0.6) is 5.75 Å². The molecular weight excluding hydrogens is 332 g/mol. The Bertz CT molecular complexity index is 927. The van der Waals surface area contributed by atoms with E-state index in [1.807, 2.05) is 49.6 Å². The number of nitrogens with zero attached hydrogens (tertiary/aromatic N) is 3. The summed E-state index contributed by atoms with van der Waals surface area (Å²) in [5.74, 6) is 1.66. The van der Waals surface area contributed by atoms with E-state index in [4.69, 9.17) is 9.15 Å². The van der Waals surface area contributed by atoms with Crippen LogP contribution in [-0.2, 0) is 17.8 Å². The van der Waals surface area contributed by atoms with Gasteiger partial charge in [0.05, 0.1) is 12.7 Å². The average Bonchev–Trinajstić information content (AvgIpc) is 3.21. The van der Waals surface area contributed by atoms with Crippen LogP contribution in [0, 0.1) is 13.8 Å². The van der Waals surface area contributed by atoms with Crippen LogP contribution in [0.1, 0.15) is 24.2 Å². The Hall–Kier alpha value is -3.09. The van der Waals surface area contributed by atoms with Gasteiger partial charge in [0.25, 0.3) is 0 Å². The van der Waals surface area contributed by atoms with Crippen molar-refractivity contribution in [2.75, 3.05) is 12.4 Å². The smallest absolute Gasteiger partial charge is 0.249 e. The van der Waals surface area contributed by atoms with E-state index in [0.717, 1.165) is 17.0 Å². The van der Waals surface area contributed by atoms with E-state index in [9.17, 15) is 4.79 Å². The first kappa shape index (κ1) is 17.7. The molecule has 0 saturated carbocycles. The topological polar surface area (TPSA) is 82.2 Å². The minimum atomic E-state index is -0.119. The van der Waals surface area contributed by atoms with E-state index in [2.05, 4.69) is 15.5 Å². The van der Waals surface area contributed by atoms with Gasteiger partial charge in [-0.25, -0.2) is 0 Å². The number of amides is 1. The van der Waals surface area contributed by atoms with Crippen molar-refractivity contribution in [3.8, 4) is 17.2 Å². The minimum Gasteiger partial charge on any atom is -0.497 e. The monoisotopic (exact) mass is 354 g/mol. The summed E-state index contributed by atoms with van der Waals surface area (Å²) < 4.78 is 12.8. The Balaban J connectivity index is 1.78. The number of ether oxygens (including phenoxy) is 1. The first-order valence-electron chi connectivity index (χ1n) is 8.45. The molecule has 26 heavy (non-hydrogen) atoms. The van der Waals surface area contributed by atoms with Gasteiger partial charge < -0.3 is 19.0 Å². The molecule has 3 aromatic rings. The number of carbonyl (C=O) groups excluding carboxylic acids is 1. The third kappa shape index (κ3) is 3.61. The van der Waals surface area contributed by atoms with Gasteiger partial charge in [0.15, 0.2) is 0 Å². The van der Waals surface area contributed by atoms with Gasteiger partial charge in [0.1, 0.15) is 12.3 Å². The molecule has 0 atom stereocenters. The standard InChI is InChI=1S/C19H22N4O3/c1-5-18-21-22-19(26-18)16-9-12(2)23(13(16)3)11-17(24)20-14-7-6-8-15(10-14)25-4/h6-10H,5,11H2,1-4H3,(H,20,24). The van der Waals surface area contributed by atoms with Crippen molar-refractivity contribution >= 4 is 11.6 Å². The lowest BCUT2D eigenvalue weighted by Crippen LogP contribution is -2.20. The lowest BCUT2D eigenvalue weighted by Gasteiger charge is -2.11.